The normalized spacial score (nSPS) is 12.0. The maximum absolute atomic E-state index is 5.45. The summed E-state index contributed by atoms with van der Waals surface area (Å²) in [6.07, 6.45) is 5.96. The summed E-state index contributed by atoms with van der Waals surface area (Å²) in [6, 6.07) is 0.424. The number of nitrogens with zero attached hydrogens (tertiary/aromatic N) is 2. The summed E-state index contributed by atoms with van der Waals surface area (Å²) in [5.41, 5.74) is 0. The van der Waals surface area contributed by atoms with E-state index in [1.807, 2.05) is 0 Å². The molecule has 0 aliphatic rings. The number of rotatable bonds is 9. The van der Waals surface area contributed by atoms with Crippen LogP contribution in [0.15, 0.2) is 6.33 Å². The number of hydrogen-bond acceptors (Lipinski definition) is 5. The van der Waals surface area contributed by atoms with Crippen LogP contribution in [0.25, 0.3) is 0 Å². The highest BCUT2D eigenvalue weighted by molar-refractivity contribution is 5.63. The molecule has 1 aromatic heterocycles. The maximum Gasteiger partial charge on any atom is 0.204 e. The summed E-state index contributed by atoms with van der Waals surface area (Å²) in [4.78, 5) is 8.54. The molecule has 1 unspecified atom stereocenters. The van der Waals surface area contributed by atoms with Crippen molar-refractivity contribution in [1.82, 2.24) is 9.97 Å². The summed E-state index contributed by atoms with van der Waals surface area (Å²) in [6.45, 7) is 7.36. The molecule has 19 heavy (non-hydrogen) atoms. The third kappa shape index (κ3) is 4.58. The third-order valence-electron chi connectivity index (χ3n) is 3.02. The van der Waals surface area contributed by atoms with Crippen LogP contribution in [0.3, 0.4) is 0 Å². The van der Waals surface area contributed by atoms with Gasteiger partial charge in [0, 0.05) is 12.6 Å². The first-order chi connectivity index (χ1) is 9.26. The van der Waals surface area contributed by atoms with Gasteiger partial charge < -0.3 is 15.4 Å². The van der Waals surface area contributed by atoms with E-state index in [1.165, 1.54) is 0 Å². The summed E-state index contributed by atoms with van der Waals surface area (Å²) < 4.78 is 5.45. The zero-order valence-electron chi connectivity index (χ0n) is 12.5. The van der Waals surface area contributed by atoms with Crippen molar-refractivity contribution >= 4 is 11.6 Å². The van der Waals surface area contributed by atoms with Crippen LogP contribution in [-0.4, -0.2) is 29.7 Å². The van der Waals surface area contributed by atoms with E-state index in [0.29, 0.717) is 11.8 Å². The molecular weight excluding hydrogens is 240 g/mol. The summed E-state index contributed by atoms with van der Waals surface area (Å²) >= 11 is 0. The van der Waals surface area contributed by atoms with E-state index < -0.39 is 0 Å². The number of nitrogens with one attached hydrogen (secondary N) is 2. The Morgan fingerprint density at radius 3 is 2.47 bits per heavy atom. The Balaban J connectivity index is 2.86. The largest absolute Gasteiger partial charge is 0.490 e. The molecule has 0 radical (unpaired) electrons. The number of ether oxygens (including phenoxy) is 1. The van der Waals surface area contributed by atoms with E-state index in [1.54, 1.807) is 13.4 Å². The molecule has 0 aliphatic carbocycles. The molecule has 0 saturated carbocycles. The van der Waals surface area contributed by atoms with Crippen LogP contribution in [0.1, 0.15) is 46.5 Å². The van der Waals surface area contributed by atoms with Gasteiger partial charge in [0.05, 0.1) is 7.11 Å². The lowest BCUT2D eigenvalue weighted by atomic mass is 10.1. The van der Waals surface area contributed by atoms with Crippen molar-refractivity contribution in [3.05, 3.63) is 6.33 Å². The Bertz CT molecular complexity index is 370. The summed E-state index contributed by atoms with van der Waals surface area (Å²) in [5, 5.41) is 6.71. The van der Waals surface area contributed by atoms with Crippen molar-refractivity contribution in [2.75, 3.05) is 24.3 Å². The molecule has 1 aromatic rings. The van der Waals surface area contributed by atoms with Crippen LogP contribution in [0.4, 0.5) is 11.6 Å². The molecule has 1 atom stereocenters. The molecule has 2 N–H and O–H groups in total. The van der Waals surface area contributed by atoms with Crippen molar-refractivity contribution in [3.63, 3.8) is 0 Å². The van der Waals surface area contributed by atoms with Crippen molar-refractivity contribution in [2.45, 2.75) is 52.5 Å². The van der Waals surface area contributed by atoms with E-state index in [9.17, 15) is 0 Å². The number of anilines is 2. The highest BCUT2D eigenvalue weighted by Gasteiger charge is 2.14. The van der Waals surface area contributed by atoms with Gasteiger partial charge in [0.2, 0.25) is 5.75 Å². The topological polar surface area (TPSA) is 59.1 Å². The zero-order chi connectivity index (χ0) is 14.1. The van der Waals surface area contributed by atoms with Gasteiger partial charge in [-0.3, -0.25) is 0 Å². The molecule has 5 nitrogen and oxygen atoms in total. The van der Waals surface area contributed by atoms with Gasteiger partial charge in [0.1, 0.15) is 6.33 Å². The molecule has 5 heteroatoms. The van der Waals surface area contributed by atoms with Crippen molar-refractivity contribution in [1.29, 1.82) is 0 Å². The summed E-state index contributed by atoms with van der Waals surface area (Å²) in [7, 11) is 1.65. The minimum atomic E-state index is 0.424. The van der Waals surface area contributed by atoms with Crippen LogP contribution in [0.5, 0.6) is 5.75 Å². The van der Waals surface area contributed by atoms with E-state index in [-0.39, 0.29) is 0 Å². The Hall–Kier alpha value is -1.52. The molecule has 0 saturated heterocycles. The van der Waals surface area contributed by atoms with Crippen LogP contribution >= 0.6 is 0 Å². The van der Waals surface area contributed by atoms with Gasteiger partial charge >= 0.3 is 0 Å². The Labute approximate surface area is 116 Å². The van der Waals surface area contributed by atoms with Gasteiger partial charge in [-0.15, -0.1) is 0 Å². The van der Waals surface area contributed by atoms with Gasteiger partial charge in [-0.05, 0) is 19.3 Å². The van der Waals surface area contributed by atoms with E-state index >= 15 is 0 Å². The Kier molecular flexibility index (Phi) is 7.00. The zero-order valence-corrected chi connectivity index (χ0v) is 12.5. The smallest absolute Gasteiger partial charge is 0.204 e. The first kappa shape index (κ1) is 15.5. The molecule has 0 aliphatic heterocycles. The lowest BCUT2D eigenvalue weighted by Gasteiger charge is -2.19. The van der Waals surface area contributed by atoms with Crippen LogP contribution in [-0.2, 0) is 0 Å². The second kappa shape index (κ2) is 8.56. The average Bonchev–Trinajstić information content (AvgIpc) is 2.44. The molecule has 1 heterocycles. The lowest BCUT2D eigenvalue weighted by molar-refractivity contribution is 0.413. The predicted molar refractivity (Wildman–Crippen MR) is 80.0 cm³/mol. The number of aromatic nitrogens is 2. The molecule has 0 aromatic carbocycles. The summed E-state index contributed by atoms with van der Waals surface area (Å²) in [5.74, 6) is 2.23. The SMILES string of the molecule is CCCNc1ncnc(NC(CC)CCC)c1OC. The van der Waals surface area contributed by atoms with E-state index in [4.69, 9.17) is 4.74 Å². The van der Waals surface area contributed by atoms with Crippen molar-refractivity contribution in [3.8, 4) is 5.75 Å². The Morgan fingerprint density at radius 1 is 1.16 bits per heavy atom. The monoisotopic (exact) mass is 266 g/mol. The van der Waals surface area contributed by atoms with Gasteiger partial charge in [-0.25, -0.2) is 9.97 Å². The van der Waals surface area contributed by atoms with E-state index in [0.717, 1.165) is 43.9 Å². The average molecular weight is 266 g/mol. The van der Waals surface area contributed by atoms with Crippen LogP contribution in [0.2, 0.25) is 0 Å². The van der Waals surface area contributed by atoms with Crippen LogP contribution in [0, 0.1) is 0 Å². The second-order valence-electron chi connectivity index (χ2n) is 4.57. The van der Waals surface area contributed by atoms with Gasteiger partial charge in [0.25, 0.3) is 0 Å². The fourth-order valence-electron chi connectivity index (χ4n) is 1.96. The minimum Gasteiger partial charge on any atom is -0.490 e. The maximum atomic E-state index is 5.45. The highest BCUT2D eigenvalue weighted by atomic mass is 16.5. The molecule has 0 fully saturated rings. The molecular formula is C14H26N4O. The standard InChI is InChI=1S/C14H26N4O/c1-5-8-11(7-3)18-14-12(19-4)13(15-9-6-2)16-10-17-14/h10-11H,5-9H2,1-4H3,(H2,15,16,17,18). The first-order valence-corrected chi connectivity index (χ1v) is 7.16. The second-order valence-corrected chi connectivity index (χ2v) is 4.57. The quantitative estimate of drug-likeness (QED) is 0.718. The fourth-order valence-corrected chi connectivity index (χ4v) is 1.96. The lowest BCUT2D eigenvalue weighted by Crippen LogP contribution is -2.20. The molecule has 0 bridgehead atoms. The van der Waals surface area contributed by atoms with Gasteiger partial charge in [0.15, 0.2) is 11.6 Å². The van der Waals surface area contributed by atoms with E-state index in [2.05, 4.69) is 41.4 Å². The first-order valence-electron chi connectivity index (χ1n) is 7.16. The fraction of sp³-hybridized carbons (Fsp3) is 0.714. The number of hydrogen-bond donors (Lipinski definition) is 2. The van der Waals surface area contributed by atoms with Crippen molar-refractivity contribution < 1.29 is 4.74 Å². The number of methoxy groups -OCH3 is 1. The Morgan fingerprint density at radius 2 is 1.89 bits per heavy atom. The highest BCUT2D eigenvalue weighted by Crippen LogP contribution is 2.29. The van der Waals surface area contributed by atoms with Gasteiger partial charge in [-0.1, -0.05) is 27.2 Å². The van der Waals surface area contributed by atoms with Gasteiger partial charge in [-0.2, -0.15) is 0 Å². The molecule has 0 amide bonds. The molecule has 108 valence electrons. The van der Waals surface area contributed by atoms with Crippen molar-refractivity contribution in [2.24, 2.45) is 0 Å². The third-order valence-corrected chi connectivity index (χ3v) is 3.02. The molecule has 1 rings (SSSR count). The molecule has 0 spiro atoms. The minimum absolute atomic E-state index is 0.424. The van der Waals surface area contributed by atoms with Crippen LogP contribution < -0.4 is 15.4 Å². The predicted octanol–water partition coefficient (Wildman–Crippen LogP) is 3.30.